The maximum absolute atomic E-state index is 12.0. The summed E-state index contributed by atoms with van der Waals surface area (Å²) in [4.78, 5) is 24.2. The number of urea groups is 1. The minimum Gasteiger partial charge on any atom is -0.481 e. The Morgan fingerprint density at radius 1 is 1.35 bits per heavy atom. The molecule has 0 fully saturated rings. The molecule has 0 bridgehead atoms. The summed E-state index contributed by atoms with van der Waals surface area (Å²) in [5, 5.41) is 15.8. The number of carboxylic acids is 1. The molecule has 0 aliphatic heterocycles. The van der Waals surface area contributed by atoms with Crippen LogP contribution in [0, 0.1) is 5.92 Å². The zero-order valence-corrected chi connectivity index (χ0v) is 14.3. The number of nitrogens with zero attached hydrogens (tertiary/aromatic N) is 3. The molecule has 7 nitrogen and oxygen atoms in total. The predicted molar refractivity (Wildman–Crippen MR) is 89.7 cm³/mol. The van der Waals surface area contributed by atoms with Crippen LogP contribution in [0.4, 0.5) is 10.6 Å². The molecule has 1 aromatic carbocycles. The summed E-state index contributed by atoms with van der Waals surface area (Å²) in [5.74, 6) is -1.18. The van der Waals surface area contributed by atoms with Crippen molar-refractivity contribution in [2.45, 2.75) is 6.92 Å². The Morgan fingerprint density at radius 2 is 2.00 bits per heavy atom. The molecule has 0 saturated heterocycles. The van der Waals surface area contributed by atoms with Crippen molar-refractivity contribution >= 4 is 33.7 Å². The second-order valence-corrected chi connectivity index (χ2v) is 6.09. The van der Waals surface area contributed by atoms with Gasteiger partial charge in [0.15, 0.2) is 5.82 Å². The molecule has 23 heavy (non-hydrogen) atoms. The van der Waals surface area contributed by atoms with E-state index in [9.17, 15) is 9.59 Å². The van der Waals surface area contributed by atoms with Gasteiger partial charge in [0, 0.05) is 30.3 Å². The molecular weight excluding hydrogens is 364 g/mol. The lowest BCUT2D eigenvalue weighted by Crippen LogP contribution is -2.36. The topological polar surface area (TPSA) is 87.5 Å². The van der Waals surface area contributed by atoms with Gasteiger partial charge in [-0.2, -0.15) is 0 Å². The van der Waals surface area contributed by atoms with Gasteiger partial charge >= 0.3 is 12.0 Å². The van der Waals surface area contributed by atoms with E-state index in [0.29, 0.717) is 5.82 Å². The van der Waals surface area contributed by atoms with Gasteiger partial charge in [0.1, 0.15) is 0 Å². The molecule has 2 rings (SSSR count). The number of aliphatic carboxylic acids is 1. The van der Waals surface area contributed by atoms with Crippen LogP contribution in [-0.2, 0) is 4.79 Å². The molecule has 8 heteroatoms. The molecular formula is C15H17BrN4O3. The number of anilines is 1. The van der Waals surface area contributed by atoms with Crippen molar-refractivity contribution in [3.8, 4) is 5.69 Å². The van der Waals surface area contributed by atoms with Crippen molar-refractivity contribution in [2.24, 2.45) is 5.92 Å². The maximum atomic E-state index is 12.0. The number of rotatable bonds is 5. The third kappa shape index (κ3) is 4.56. The lowest BCUT2D eigenvalue weighted by Gasteiger charge is -2.19. The molecule has 122 valence electrons. The largest absolute Gasteiger partial charge is 0.481 e. The van der Waals surface area contributed by atoms with Gasteiger partial charge in [0.25, 0.3) is 0 Å². The Morgan fingerprint density at radius 3 is 2.61 bits per heavy atom. The molecule has 2 aromatic rings. The molecule has 0 aliphatic rings. The minimum atomic E-state index is -0.941. The van der Waals surface area contributed by atoms with Crippen molar-refractivity contribution < 1.29 is 14.7 Å². The van der Waals surface area contributed by atoms with E-state index in [1.165, 1.54) is 4.90 Å². The van der Waals surface area contributed by atoms with Crippen LogP contribution in [0.2, 0.25) is 0 Å². The maximum Gasteiger partial charge on any atom is 0.322 e. The molecule has 1 aromatic heterocycles. The molecule has 1 heterocycles. The third-order valence-corrected chi connectivity index (χ3v) is 3.76. The highest BCUT2D eigenvalue weighted by atomic mass is 79.9. The third-order valence-electron chi connectivity index (χ3n) is 3.23. The van der Waals surface area contributed by atoms with E-state index < -0.39 is 17.9 Å². The highest BCUT2D eigenvalue weighted by molar-refractivity contribution is 9.10. The summed E-state index contributed by atoms with van der Waals surface area (Å²) in [6.45, 7) is 1.67. The van der Waals surface area contributed by atoms with Gasteiger partial charge in [-0.25, -0.2) is 9.48 Å². The summed E-state index contributed by atoms with van der Waals surface area (Å²) in [7, 11) is 1.54. The van der Waals surface area contributed by atoms with Gasteiger partial charge in [-0.15, -0.1) is 5.10 Å². The van der Waals surface area contributed by atoms with Crippen molar-refractivity contribution in [1.82, 2.24) is 14.7 Å². The van der Waals surface area contributed by atoms with Gasteiger partial charge in [0.05, 0.1) is 11.6 Å². The van der Waals surface area contributed by atoms with Crippen molar-refractivity contribution in [2.75, 3.05) is 18.9 Å². The minimum absolute atomic E-state index is 0.120. The van der Waals surface area contributed by atoms with Crippen LogP contribution in [0.15, 0.2) is 41.0 Å². The molecule has 1 unspecified atom stereocenters. The van der Waals surface area contributed by atoms with Gasteiger partial charge in [0.2, 0.25) is 0 Å². The van der Waals surface area contributed by atoms with E-state index in [4.69, 9.17) is 5.11 Å². The van der Waals surface area contributed by atoms with Crippen LogP contribution in [0.3, 0.4) is 0 Å². The molecule has 2 amide bonds. The molecule has 0 spiro atoms. The van der Waals surface area contributed by atoms with Crippen molar-refractivity contribution in [1.29, 1.82) is 0 Å². The Balaban J connectivity index is 1.99. The lowest BCUT2D eigenvalue weighted by atomic mass is 10.2. The van der Waals surface area contributed by atoms with E-state index in [-0.39, 0.29) is 6.54 Å². The Kier molecular flexibility index (Phi) is 5.38. The average molecular weight is 381 g/mol. The fourth-order valence-corrected chi connectivity index (χ4v) is 2.17. The number of hydrogen-bond donors (Lipinski definition) is 2. The van der Waals surface area contributed by atoms with E-state index in [0.717, 1.165) is 10.2 Å². The summed E-state index contributed by atoms with van der Waals surface area (Å²) in [6, 6.07) is 8.85. The van der Waals surface area contributed by atoms with Gasteiger partial charge in [-0.3, -0.25) is 10.1 Å². The standard InChI is InChI=1S/C15H17BrN4O3/c1-10(14(21)22)9-19(2)15(23)17-13-7-8-20(18-13)12-5-3-11(16)4-6-12/h3-8,10H,9H2,1-2H3,(H,21,22)(H,17,18,23). The summed E-state index contributed by atoms with van der Waals surface area (Å²) < 4.78 is 2.61. The quantitative estimate of drug-likeness (QED) is 0.834. The van der Waals surface area contributed by atoms with Gasteiger partial charge in [-0.1, -0.05) is 22.9 Å². The zero-order valence-electron chi connectivity index (χ0n) is 12.7. The normalized spacial score (nSPS) is 11.8. The van der Waals surface area contributed by atoms with Crippen LogP contribution >= 0.6 is 15.9 Å². The smallest absolute Gasteiger partial charge is 0.322 e. The fourth-order valence-electron chi connectivity index (χ4n) is 1.91. The zero-order chi connectivity index (χ0) is 17.0. The first-order chi connectivity index (χ1) is 10.9. The first kappa shape index (κ1) is 17.0. The number of benzene rings is 1. The number of carbonyl (C=O) groups is 2. The van der Waals surface area contributed by atoms with Crippen LogP contribution in [0.1, 0.15) is 6.92 Å². The molecule has 0 saturated carbocycles. The van der Waals surface area contributed by atoms with Crippen LogP contribution in [0.25, 0.3) is 5.69 Å². The highest BCUT2D eigenvalue weighted by Gasteiger charge is 2.18. The first-order valence-electron chi connectivity index (χ1n) is 6.93. The summed E-state index contributed by atoms with van der Waals surface area (Å²) in [5.41, 5.74) is 0.863. The molecule has 0 aliphatic carbocycles. The van der Waals surface area contributed by atoms with Crippen LogP contribution in [0.5, 0.6) is 0 Å². The number of carbonyl (C=O) groups excluding carboxylic acids is 1. The van der Waals surface area contributed by atoms with E-state index in [1.807, 2.05) is 24.3 Å². The number of carboxylic acid groups (broad SMARTS) is 1. The number of halogens is 1. The Bertz CT molecular complexity index is 699. The Labute approximate surface area is 142 Å². The Hall–Kier alpha value is -2.35. The monoisotopic (exact) mass is 380 g/mol. The van der Waals surface area contributed by atoms with E-state index >= 15 is 0 Å². The molecule has 1 atom stereocenters. The number of nitrogens with one attached hydrogen (secondary N) is 1. The van der Waals surface area contributed by atoms with Gasteiger partial charge < -0.3 is 10.0 Å². The number of hydrogen-bond acceptors (Lipinski definition) is 3. The second kappa shape index (κ2) is 7.28. The molecule has 0 radical (unpaired) electrons. The van der Waals surface area contributed by atoms with E-state index in [2.05, 4.69) is 26.3 Å². The van der Waals surface area contributed by atoms with Gasteiger partial charge in [-0.05, 0) is 24.3 Å². The van der Waals surface area contributed by atoms with Crippen LogP contribution < -0.4 is 5.32 Å². The SMILES string of the molecule is CC(CN(C)C(=O)Nc1ccn(-c2ccc(Br)cc2)n1)C(=O)O. The lowest BCUT2D eigenvalue weighted by molar-refractivity contribution is -0.141. The molecule has 2 N–H and O–H groups in total. The fraction of sp³-hybridized carbons (Fsp3) is 0.267. The van der Waals surface area contributed by atoms with E-state index in [1.54, 1.807) is 30.9 Å². The van der Waals surface area contributed by atoms with Crippen LogP contribution in [-0.4, -0.2) is 45.4 Å². The number of amides is 2. The average Bonchev–Trinajstić information content (AvgIpc) is 2.96. The van der Waals surface area contributed by atoms with Crippen molar-refractivity contribution in [3.63, 3.8) is 0 Å². The summed E-state index contributed by atoms with van der Waals surface area (Å²) >= 11 is 3.37. The first-order valence-corrected chi connectivity index (χ1v) is 7.72. The predicted octanol–water partition coefficient (Wildman–Crippen LogP) is 2.82. The highest BCUT2D eigenvalue weighted by Crippen LogP contribution is 2.15. The second-order valence-electron chi connectivity index (χ2n) is 5.17. The number of aromatic nitrogens is 2. The van der Waals surface area contributed by atoms with Crippen molar-refractivity contribution in [3.05, 3.63) is 41.0 Å². The summed E-state index contributed by atoms with van der Waals surface area (Å²) in [6.07, 6.45) is 1.73.